The van der Waals surface area contributed by atoms with E-state index in [9.17, 15) is 31.9 Å². The van der Waals surface area contributed by atoms with Gasteiger partial charge in [0.05, 0.1) is 24.8 Å². The number of alkyl halides is 2. The van der Waals surface area contributed by atoms with Crippen molar-refractivity contribution in [2.75, 3.05) is 13.2 Å². The van der Waals surface area contributed by atoms with Crippen molar-refractivity contribution in [3.63, 3.8) is 0 Å². The average Bonchev–Trinajstić information content (AvgIpc) is 3.00. The van der Waals surface area contributed by atoms with Crippen molar-refractivity contribution in [2.45, 2.75) is 89.4 Å². The summed E-state index contributed by atoms with van der Waals surface area (Å²) >= 11 is 0. The van der Waals surface area contributed by atoms with Crippen LogP contribution in [0.15, 0.2) is 48.5 Å². The van der Waals surface area contributed by atoms with Crippen LogP contribution in [0.3, 0.4) is 0 Å². The number of hydrogen-bond acceptors (Lipinski definition) is 7. The molecule has 0 aromatic heterocycles. The maximum Gasteiger partial charge on any atom is 0.502 e. The molecule has 2 N–H and O–H groups in total. The zero-order valence-corrected chi connectivity index (χ0v) is 26.3. The SMILES string of the molecule is CC(C)(C)OC(=O)N[C@H]1CCCN(C(=O)OCc2ccccc2)[C@H]1COC1CC=C(c2cc(F)cc(F)c2OC(F)(F)C(=O)O)CC1. The van der Waals surface area contributed by atoms with Crippen molar-refractivity contribution in [3.8, 4) is 5.75 Å². The van der Waals surface area contributed by atoms with Gasteiger partial charge in [-0.1, -0.05) is 36.4 Å². The number of aliphatic carboxylic acids is 1. The zero-order valence-electron chi connectivity index (χ0n) is 26.3. The van der Waals surface area contributed by atoms with Crippen LogP contribution in [0.1, 0.15) is 64.0 Å². The van der Waals surface area contributed by atoms with Crippen LogP contribution in [0.2, 0.25) is 0 Å². The van der Waals surface area contributed by atoms with Gasteiger partial charge in [0.15, 0.2) is 11.6 Å². The summed E-state index contributed by atoms with van der Waals surface area (Å²) in [6.07, 6.45) is -3.09. The predicted octanol–water partition coefficient (Wildman–Crippen LogP) is 6.67. The van der Waals surface area contributed by atoms with E-state index in [0.29, 0.717) is 31.9 Å². The molecule has 1 fully saturated rings. The number of allylic oxidation sites excluding steroid dienone is 1. The van der Waals surface area contributed by atoms with Crippen LogP contribution < -0.4 is 10.1 Å². The summed E-state index contributed by atoms with van der Waals surface area (Å²) in [5, 5.41) is 11.6. The number of amides is 2. The lowest BCUT2D eigenvalue weighted by atomic mass is 9.91. The number of nitrogens with zero attached hydrogens (tertiary/aromatic N) is 1. The molecule has 14 heteroatoms. The third-order valence-corrected chi connectivity index (χ3v) is 7.62. The number of likely N-dealkylation sites (tertiary alicyclic amines) is 1. The standard InChI is InChI=1S/C33H38F4N2O8/c1-32(2,3)47-30(42)38-26-10-7-15-39(31(43)45-18-20-8-5-4-6-9-20)27(26)19-44-23-13-11-21(12-14-23)24-16-22(34)17-25(35)28(24)46-33(36,37)29(40)41/h4-6,8-9,11,16-17,23,26-27H,7,10,12-15,18-19H2,1-3H3,(H,38,42)(H,40,41)/t23?,26-,27-/m0/s1. The molecule has 256 valence electrons. The number of carboxylic acid groups (broad SMARTS) is 1. The van der Waals surface area contributed by atoms with Gasteiger partial charge in [0.25, 0.3) is 0 Å². The van der Waals surface area contributed by atoms with E-state index in [2.05, 4.69) is 10.1 Å². The first kappa shape index (κ1) is 35.5. The Hall–Kier alpha value is -4.33. The third kappa shape index (κ3) is 9.83. The Bertz CT molecular complexity index is 1460. The van der Waals surface area contributed by atoms with Crippen LogP contribution in [0.4, 0.5) is 27.2 Å². The summed E-state index contributed by atoms with van der Waals surface area (Å²) in [5.41, 5.74) is -0.00221. The highest BCUT2D eigenvalue weighted by molar-refractivity contribution is 5.76. The number of halogens is 4. The zero-order chi connectivity index (χ0) is 34.4. The topological polar surface area (TPSA) is 124 Å². The van der Waals surface area contributed by atoms with E-state index in [1.165, 1.54) is 4.90 Å². The van der Waals surface area contributed by atoms with E-state index >= 15 is 0 Å². The first-order chi connectivity index (χ1) is 22.1. The molecule has 2 amide bonds. The summed E-state index contributed by atoms with van der Waals surface area (Å²) in [4.78, 5) is 38.3. The van der Waals surface area contributed by atoms with E-state index in [0.717, 1.165) is 11.6 Å². The molecule has 47 heavy (non-hydrogen) atoms. The highest BCUT2D eigenvalue weighted by Crippen LogP contribution is 2.38. The lowest BCUT2D eigenvalue weighted by Gasteiger charge is -2.41. The van der Waals surface area contributed by atoms with Crippen molar-refractivity contribution < 1.29 is 56.0 Å². The van der Waals surface area contributed by atoms with Crippen molar-refractivity contribution in [2.24, 2.45) is 0 Å². The highest BCUT2D eigenvalue weighted by atomic mass is 19.3. The molecule has 1 aliphatic carbocycles. The van der Waals surface area contributed by atoms with E-state index in [1.54, 1.807) is 26.8 Å². The average molecular weight is 667 g/mol. The van der Waals surface area contributed by atoms with Gasteiger partial charge >= 0.3 is 24.3 Å². The maximum absolute atomic E-state index is 14.5. The Morgan fingerprint density at radius 1 is 1.06 bits per heavy atom. The lowest BCUT2D eigenvalue weighted by Crippen LogP contribution is -2.59. The van der Waals surface area contributed by atoms with Crippen molar-refractivity contribution in [1.82, 2.24) is 10.2 Å². The monoisotopic (exact) mass is 666 g/mol. The molecule has 2 aromatic rings. The van der Waals surface area contributed by atoms with E-state index in [-0.39, 0.29) is 37.2 Å². The minimum Gasteiger partial charge on any atom is -0.474 e. The molecule has 10 nitrogen and oxygen atoms in total. The van der Waals surface area contributed by atoms with Gasteiger partial charge < -0.3 is 34.3 Å². The molecule has 1 aliphatic heterocycles. The Morgan fingerprint density at radius 3 is 2.43 bits per heavy atom. The Labute approximate surface area is 269 Å². The number of piperidine rings is 1. The fourth-order valence-corrected chi connectivity index (χ4v) is 5.43. The molecule has 0 spiro atoms. The van der Waals surface area contributed by atoms with Crippen molar-refractivity contribution >= 4 is 23.7 Å². The molecule has 2 aromatic carbocycles. The smallest absolute Gasteiger partial charge is 0.474 e. The number of nitrogens with one attached hydrogen (secondary N) is 1. The fourth-order valence-electron chi connectivity index (χ4n) is 5.43. The predicted molar refractivity (Wildman–Crippen MR) is 161 cm³/mol. The minimum atomic E-state index is -4.74. The van der Waals surface area contributed by atoms with Crippen LogP contribution in [-0.2, 0) is 25.6 Å². The highest BCUT2D eigenvalue weighted by Gasteiger charge is 2.44. The van der Waals surface area contributed by atoms with Crippen molar-refractivity contribution in [1.29, 1.82) is 0 Å². The van der Waals surface area contributed by atoms with Gasteiger partial charge in [-0.3, -0.25) is 0 Å². The van der Waals surface area contributed by atoms with Gasteiger partial charge in [0.2, 0.25) is 0 Å². The number of carbonyl (C=O) groups is 3. The molecule has 0 saturated carbocycles. The molecule has 1 saturated heterocycles. The molecule has 0 radical (unpaired) electrons. The molecule has 1 unspecified atom stereocenters. The number of alkyl carbamates (subject to hydrolysis) is 1. The number of carbonyl (C=O) groups excluding carboxylic acids is 2. The minimum absolute atomic E-state index is 0.00251. The second-order valence-electron chi connectivity index (χ2n) is 12.3. The van der Waals surface area contributed by atoms with E-state index in [4.69, 9.17) is 19.3 Å². The van der Waals surface area contributed by atoms with Crippen LogP contribution in [0.5, 0.6) is 5.75 Å². The maximum atomic E-state index is 14.5. The van der Waals surface area contributed by atoms with E-state index < -0.39 is 65.4 Å². The molecule has 1 heterocycles. The first-order valence-electron chi connectivity index (χ1n) is 15.2. The Balaban J connectivity index is 1.48. The first-order valence-corrected chi connectivity index (χ1v) is 15.2. The lowest BCUT2D eigenvalue weighted by molar-refractivity contribution is -0.211. The summed E-state index contributed by atoms with van der Waals surface area (Å²) in [6.45, 7) is 5.61. The molecular formula is C33H38F4N2O8. The van der Waals surface area contributed by atoms with Crippen LogP contribution in [0.25, 0.3) is 5.57 Å². The number of benzene rings is 2. The second kappa shape index (κ2) is 15.1. The summed E-state index contributed by atoms with van der Waals surface area (Å²) < 4.78 is 77.7. The number of ether oxygens (including phenoxy) is 4. The van der Waals surface area contributed by atoms with Crippen LogP contribution >= 0.6 is 0 Å². The quantitative estimate of drug-likeness (QED) is 0.270. The van der Waals surface area contributed by atoms with E-state index in [1.807, 2.05) is 30.3 Å². The molecule has 2 aliphatic rings. The van der Waals surface area contributed by atoms with Crippen LogP contribution in [-0.4, -0.2) is 71.2 Å². The van der Waals surface area contributed by atoms with Gasteiger partial charge in [-0.2, -0.15) is 8.78 Å². The molecule has 0 bridgehead atoms. The van der Waals surface area contributed by atoms with Gasteiger partial charge in [-0.25, -0.2) is 23.2 Å². The summed E-state index contributed by atoms with van der Waals surface area (Å²) in [7, 11) is 0. The van der Waals surface area contributed by atoms with Crippen LogP contribution in [0, 0.1) is 11.6 Å². The number of carboxylic acids is 1. The van der Waals surface area contributed by atoms with Gasteiger partial charge in [0.1, 0.15) is 18.0 Å². The summed E-state index contributed by atoms with van der Waals surface area (Å²) in [5.74, 6) is -6.23. The number of hydrogen-bond donors (Lipinski definition) is 2. The normalized spacial score (nSPS) is 20.2. The largest absolute Gasteiger partial charge is 0.502 e. The molecular weight excluding hydrogens is 628 g/mol. The van der Waals surface area contributed by atoms with Gasteiger partial charge in [-0.15, -0.1) is 0 Å². The van der Waals surface area contributed by atoms with Crippen molar-refractivity contribution in [3.05, 3.63) is 71.3 Å². The fraction of sp³-hybridized carbons (Fsp3) is 0.485. The molecule has 4 rings (SSSR count). The van der Waals surface area contributed by atoms with Gasteiger partial charge in [-0.05, 0) is 70.1 Å². The Kier molecular flexibility index (Phi) is 11.4. The summed E-state index contributed by atoms with van der Waals surface area (Å²) in [6, 6.07) is 9.14. The molecule has 3 atom stereocenters. The third-order valence-electron chi connectivity index (χ3n) is 7.62. The number of rotatable bonds is 10. The Morgan fingerprint density at radius 2 is 1.79 bits per heavy atom. The second-order valence-corrected chi connectivity index (χ2v) is 12.3. The van der Waals surface area contributed by atoms with Gasteiger partial charge in [0, 0.05) is 18.2 Å².